The van der Waals surface area contributed by atoms with E-state index in [-0.39, 0.29) is 16.5 Å². The molecule has 1 saturated heterocycles. The van der Waals surface area contributed by atoms with E-state index in [2.05, 4.69) is 4.90 Å². The SMILES string of the molecule is CC(C)c1ccc(CCN2CCOCC2)c(C(F)(F)F)c1Cl. The van der Waals surface area contributed by atoms with E-state index in [4.69, 9.17) is 16.3 Å². The molecule has 22 heavy (non-hydrogen) atoms. The summed E-state index contributed by atoms with van der Waals surface area (Å²) in [4.78, 5) is 2.12. The lowest BCUT2D eigenvalue weighted by molar-refractivity contribution is -0.138. The number of rotatable bonds is 4. The molecule has 0 unspecified atom stereocenters. The summed E-state index contributed by atoms with van der Waals surface area (Å²) in [6.07, 6.45) is -4.09. The zero-order chi connectivity index (χ0) is 16.3. The predicted molar refractivity (Wildman–Crippen MR) is 81.5 cm³/mol. The van der Waals surface area contributed by atoms with Crippen molar-refractivity contribution < 1.29 is 17.9 Å². The van der Waals surface area contributed by atoms with Crippen LogP contribution >= 0.6 is 11.6 Å². The molecule has 1 aliphatic heterocycles. The van der Waals surface area contributed by atoms with Gasteiger partial charge >= 0.3 is 6.18 Å². The van der Waals surface area contributed by atoms with Gasteiger partial charge in [-0.05, 0) is 23.5 Å². The topological polar surface area (TPSA) is 12.5 Å². The van der Waals surface area contributed by atoms with Gasteiger partial charge in [0.25, 0.3) is 0 Å². The van der Waals surface area contributed by atoms with Crippen LogP contribution in [0.25, 0.3) is 0 Å². The van der Waals surface area contributed by atoms with E-state index in [1.54, 1.807) is 12.1 Å². The normalized spacial score (nSPS) is 17.2. The lowest BCUT2D eigenvalue weighted by atomic mass is 9.95. The third-order valence-corrected chi connectivity index (χ3v) is 4.37. The summed E-state index contributed by atoms with van der Waals surface area (Å²) in [7, 11) is 0. The Morgan fingerprint density at radius 1 is 1.23 bits per heavy atom. The lowest BCUT2D eigenvalue weighted by Gasteiger charge is -2.27. The van der Waals surface area contributed by atoms with Crippen LogP contribution in [-0.2, 0) is 17.3 Å². The molecule has 2 nitrogen and oxygen atoms in total. The van der Waals surface area contributed by atoms with Gasteiger partial charge in [0.2, 0.25) is 0 Å². The van der Waals surface area contributed by atoms with Gasteiger partial charge < -0.3 is 4.74 Å². The van der Waals surface area contributed by atoms with E-state index >= 15 is 0 Å². The molecule has 1 aromatic carbocycles. The first-order valence-corrected chi connectivity index (χ1v) is 7.87. The second-order valence-electron chi connectivity index (χ2n) is 5.86. The number of nitrogens with zero attached hydrogens (tertiary/aromatic N) is 1. The van der Waals surface area contributed by atoms with E-state index in [0.29, 0.717) is 31.7 Å². The van der Waals surface area contributed by atoms with Gasteiger partial charge in [-0.2, -0.15) is 13.2 Å². The van der Waals surface area contributed by atoms with Crippen molar-refractivity contribution in [1.29, 1.82) is 0 Å². The molecule has 0 amide bonds. The number of hydrogen-bond acceptors (Lipinski definition) is 2. The molecule has 2 rings (SSSR count). The van der Waals surface area contributed by atoms with Crippen LogP contribution in [-0.4, -0.2) is 37.7 Å². The third-order valence-electron chi connectivity index (χ3n) is 3.96. The second-order valence-corrected chi connectivity index (χ2v) is 6.24. The molecule has 1 aromatic rings. The average molecular weight is 336 g/mol. The third kappa shape index (κ3) is 4.15. The lowest BCUT2D eigenvalue weighted by Crippen LogP contribution is -2.37. The molecule has 1 aliphatic rings. The molecular formula is C16H21ClF3NO. The fourth-order valence-electron chi connectivity index (χ4n) is 2.70. The first-order chi connectivity index (χ1) is 10.3. The number of hydrogen-bond donors (Lipinski definition) is 0. The molecule has 0 aromatic heterocycles. The van der Waals surface area contributed by atoms with Crippen molar-refractivity contribution in [3.05, 3.63) is 33.8 Å². The number of morpholine rings is 1. The molecule has 0 saturated carbocycles. The molecule has 1 heterocycles. The number of benzene rings is 1. The Kier molecular flexibility index (Phi) is 5.75. The maximum atomic E-state index is 13.4. The monoisotopic (exact) mass is 335 g/mol. The molecular weight excluding hydrogens is 315 g/mol. The Labute approximate surface area is 134 Å². The summed E-state index contributed by atoms with van der Waals surface area (Å²) in [5, 5.41) is -0.151. The van der Waals surface area contributed by atoms with E-state index in [9.17, 15) is 13.2 Å². The number of ether oxygens (including phenoxy) is 1. The minimum atomic E-state index is -4.43. The summed E-state index contributed by atoms with van der Waals surface area (Å²) in [6, 6.07) is 3.29. The van der Waals surface area contributed by atoms with Crippen LogP contribution in [0.3, 0.4) is 0 Å². The van der Waals surface area contributed by atoms with Crippen molar-refractivity contribution in [3.8, 4) is 0 Å². The van der Waals surface area contributed by atoms with Crippen LogP contribution in [0.2, 0.25) is 5.02 Å². The van der Waals surface area contributed by atoms with Gasteiger partial charge in [-0.1, -0.05) is 37.6 Å². The van der Waals surface area contributed by atoms with Crippen molar-refractivity contribution in [2.45, 2.75) is 32.4 Å². The van der Waals surface area contributed by atoms with Crippen LogP contribution in [0.15, 0.2) is 12.1 Å². The average Bonchev–Trinajstić information content (AvgIpc) is 2.44. The molecule has 6 heteroatoms. The van der Waals surface area contributed by atoms with Gasteiger partial charge in [-0.25, -0.2) is 0 Å². The largest absolute Gasteiger partial charge is 0.418 e. The van der Waals surface area contributed by atoms with Gasteiger partial charge in [0.15, 0.2) is 0 Å². The number of alkyl halides is 3. The van der Waals surface area contributed by atoms with Gasteiger partial charge in [-0.15, -0.1) is 0 Å². The van der Waals surface area contributed by atoms with E-state index in [1.165, 1.54) is 0 Å². The highest BCUT2D eigenvalue weighted by Gasteiger charge is 2.37. The standard InChI is InChI=1S/C16H21ClF3NO/c1-11(2)13-4-3-12(14(15(13)17)16(18,19)20)5-6-21-7-9-22-10-8-21/h3-4,11H,5-10H2,1-2H3. The molecule has 0 aliphatic carbocycles. The van der Waals surface area contributed by atoms with Gasteiger partial charge in [-0.3, -0.25) is 4.90 Å². The van der Waals surface area contributed by atoms with Crippen molar-refractivity contribution >= 4 is 11.6 Å². The maximum absolute atomic E-state index is 13.4. The Morgan fingerprint density at radius 2 is 1.86 bits per heavy atom. The highest BCUT2D eigenvalue weighted by molar-refractivity contribution is 6.32. The van der Waals surface area contributed by atoms with Gasteiger partial charge in [0.05, 0.1) is 23.8 Å². The molecule has 1 fully saturated rings. The predicted octanol–water partition coefficient (Wildman–Crippen LogP) is 4.36. The fraction of sp³-hybridized carbons (Fsp3) is 0.625. The molecule has 0 N–H and O–H groups in total. The summed E-state index contributed by atoms with van der Waals surface area (Å²) in [5.74, 6) is -0.0399. The quantitative estimate of drug-likeness (QED) is 0.810. The minimum Gasteiger partial charge on any atom is -0.379 e. The Morgan fingerprint density at radius 3 is 2.41 bits per heavy atom. The molecule has 0 atom stereocenters. The van der Waals surface area contributed by atoms with Crippen molar-refractivity contribution in [1.82, 2.24) is 4.90 Å². The Balaban J connectivity index is 2.24. The van der Waals surface area contributed by atoms with Crippen molar-refractivity contribution in [2.24, 2.45) is 0 Å². The minimum absolute atomic E-state index is 0.0399. The summed E-state index contributed by atoms with van der Waals surface area (Å²) in [5.41, 5.74) is 0.145. The Hall–Kier alpha value is -0.780. The van der Waals surface area contributed by atoms with Crippen molar-refractivity contribution in [2.75, 3.05) is 32.8 Å². The molecule has 124 valence electrons. The van der Waals surface area contributed by atoms with Gasteiger partial charge in [0.1, 0.15) is 0 Å². The van der Waals surface area contributed by atoms with Crippen LogP contribution in [0, 0.1) is 0 Å². The molecule has 0 spiro atoms. The fourth-order valence-corrected chi connectivity index (χ4v) is 3.21. The molecule has 0 radical (unpaired) electrons. The zero-order valence-corrected chi connectivity index (χ0v) is 13.6. The zero-order valence-electron chi connectivity index (χ0n) is 12.8. The number of halogens is 4. The molecule has 0 bridgehead atoms. The first-order valence-electron chi connectivity index (χ1n) is 7.49. The van der Waals surface area contributed by atoms with E-state index in [0.717, 1.165) is 13.1 Å². The Bertz CT molecular complexity index is 511. The summed E-state index contributed by atoms with van der Waals surface area (Å²) in [6.45, 7) is 7.07. The van der Waals surface area contributed by atoms with Crippen LogP contribution < -0.4 is 0 Å². The first kappa shape index (κ1) is 17.6. The summed E-state index contributed by atoms with van der Waals surface area (Å²) < 4.78 is 45.4. The van der Waals surface area contributed by atoms with Crippen molar-refractivity contribution in [3.63, 3.8) is 0 Å². The second kappa shape index (κ2) is 7.20. The maximum Gasteiger partial charge on any atom is 0.418 e. The smallest absolute Gasteiger partial charge is 0.379 e. The van der Waals surface area contributed by atoms with Gasteiger partial charge in [0, 0.05) is 19.6 Å². The summed E-state index contributed by atoms with van der Waals surface area (Å²) >= 11 is 6.06. The van der Waals surface area contributed by atoms with Crippen LogP contribution in [0.1, 0.15) is 36.5 Å². The van der Waals surface area contributed by atoms with E-state index < -0.39 is 11.7 Å². The highest BCUT2D eigenvalue weighted by atomic mass is 35.5. The van der Waals surface area contributed by atoms with Crippen LogP contribution in [0.4, 0.5) is 13.2 Å². The van der Waals surface area contributed by atoms with E-state index in [1.807, 2.05) is 13.8 Å². The van der Waals surface area contributed by atoms with Crippen LogP contribution in [0.5, 0.6) is 0 Å². The highest BCUT2D eigenvalue weighted by Crippen LogP contribution is 2.41.